The van der Waals surface area contributed by atoms with E-state index in [1.807, 2.05) is 0 Å². The van der Waals surface area contributed by atoms with Gasteiger partial charge in [0, 0.05) is 16.0 Å². The third kappa shape index (κ3) is 2.59. The summed E-state index contributed by atoms with van der Waals surface area (Å²) in [5.74, 6) is 0.223. The zero-order valence-electron chi connectivity index (χ0n) is 12.3. The number of hydrogen-bond donors (Lipinski definition) is 2. The van der Waals surface area contributed by atoms with Crippen molar-refractivity contribution >= 4 is 32.7 Å². The second kappa shape index (κ2) is 5.13. The molecular weight excluding hydrogens is 332 g/mol. The van der Waals surface area contributed by atoms with Crippen LogP contribution in [0.25, 0.3) is 11.0 Å². The summed E-state index contributed by atoms with van der Waals surface area (Å²) in [6.45, 7) is 4.36. The van der Waals surface area contributed by atoms with Gasteiger partial charge in [0.1, 0.15) is 0 Å². The summed E-state index contributed by atoms with van der Waals surface area (Å²) < 4.78 is 0.747. The number of aromatic amines is 2. The number of aromatic nitrogens is 2. The van der Waals surface area contributed by atoms with E-state index in [9.17, 15) is 9.59 Å². The molecule has 1 heterocycles. The minimum atomic E-state index is -0.250. The van der Waals surface area contributed by atoms with E-state index in [-0.39, 0.29) is 22.8 Å². The van der Waals surface area contributed by atoms with E-state index in [1.165, 1.54) is 6.42 Å². The van der Waals surface area contributed by atoms with Gasteiger partial charge in [0.05, 0.1) is 11.0 Å². The minimum absolute atomic E-state index is 0.0370. The Bertz CT molecular complexity index is 757. The van der Waals surface area contributed by atoms with Crippen molar-refractivity contribution in [1.29, 1.82) is 0 Å². The van der Waals surface area contributed by atoms with Crippen molar-refractivity contribution in [3.05, 3.63) is 32.7 Å². The minimum Gasteiger partial charge on any atom is -0.306 e. The first kappa shape index (κ1) is 14.6. The number of imidazole rings is 1. The van der Waals surface area contributed by atoms with Crippen LogP contribution in [0.1, 0.15) is 49.9 Å². The SMILES string of the molecule is CC1(C)CCCCC1C(=O)c1cc2[nH]c(=O)[nH]c2cc1Br. The molecule has 4 nitrogen and oxygen atoms in total. The molecule has 5 heteroatoms. The fourth-order valence-electron chi connectivity index (χ4n) is 3.41. The first-order chi connectivity index (χ1) is 9.88. The number of carbonyl (C=O) groups excluding carboxylic acids is 1. The standard InChI is InChI=1S/C16H19BrN2O2/c1-16(2)6-4-3-5-10(16)14(20)9-7-12-13(8-11(9)17)19-15(21)18-12/h7-8,10H,3-6H2,1-2H3,(H2,18,19,21). The maximum absolute atomic E-state index is 13.0. The van der Waals surface area contributed by atoms with Gasteiger partial charge in [-0.05, 0) is 46.3 Å². The van der Waals surface area contributed by atoms with Gasteiger partial charge in [-0.25, -0.2) is 4.79 Å². The lowest BCUT2D eigenvalue weighted by Crippen LogP contribution is -2.34. The van der Waals surface area contributed by atoms with Crippen molar-refractivity contribution in [2.75, 3.05) is 0 Å². The van der Waals surface area contributed by atoms with Gasteiger partial charge >= 0.3 is 5.69 Å². The molecule has 1 unspecified atom stereocenters. The number of nitrogens with one attached hydrogen (secondary N) is 2. The Morgan fingerprint density at radius 2 is 1.90 bits per heavy atom. The molecule has 21 heavy (non-hydrogen) atoms. The van der Waals surface area contributed by atoms with E-state index in [0.29, 0.717) is 16.6 Å². The third-order valence-corrected chi connectivity index (χ3v) is 5.35. The number of fused-ring (bicyclic) bond motifs is 1. The molecule has 1 saturated carbocycles. The summed E-state index contributed by atoms with van der Waals surface area (Å²) >= 11 is 3.47. The molecule has 1 fully saturated rings. The van der Waals surface area contributed by atoms with Gasteiger partial charge in [-0.2, -0.15) is 0 Å². The van der Waals surface area contributed by atoms with Crippen LogP contribution in [0.4, 0.5) is 0 Å². The molecule has 3 rings (SSSR count). The van der Waals surface area contributed by atoms with Gasteiger partial charge in [0.2, 0.25) is 0 Å². The molecule has 0 amide bonds. The van der Waals surface area contributed by atoms with E-state index in [0.717, 1.165) is 23.7 Å². The average Bonchev–Trinajstić information content (AvgIpc) is 2.75. The Kier molecular flexibility index (Phi) is 3.56. The van der Waals surface area contributed by atoms with Crippen LogP contribution >= 0.6 is 15.9 Å². The van der Waals surface area contributed by atoms with Crippen LogP contribution < -0.4 is 5.69 Å². The maximum Gasteiger partial charge on any atom is 0.323 e. The summed E-state index contributed by atoms with van der Waals surface area (Å²) in [6.07, 6.45) is 4.34. The molecule has 1 aromatic heterocycles. The number of ketones is 1. The summed E-state index contributed by atoms with van der Waals surface area (Å²) in [5, 5.41) is 0. The van der Waals surface area contributed by atoms with E-state index >= 15 is 0 Å². The quantitative estimate of drug-likeness (QED) is 0.803. The monoisotopic (exact) mass is 350 g/mol. The molecular formula is C16H19BrN2O2. The highest BCUT2D eigenvalue weighted by Gasteiger charge is 2.38. The third-order valence-electron chi connectivity index (χ3n) is 4.69. The molecule has 0 radical (unpaired) electrons. The molecule has 112 valence electrons. The number of Topliss-reactive ketones (excluding diaryl/α,β-unsaturated/α-hetero) is 1. The maximum atomic E-state index is 13.0. The molecule has 2 N–H and O–H groups in total. The Labute approximate surface area is 131 Å². The summed E-state index contributed by atoms with van der Waals surface area (Å²) in [4.78, 5) is 29.8. The molecule has 1 aliphatic rings. The van der Waals surface area contributed by atoms with Gasteiger partial charge in [0.15, 0.2) is 5.78 Å². The molecule has 0 saturated heterocycles. The van der Waals surface area contributed by atoms with Crippen molar-refractivity contribution in [2.45, 2.75) is 39.5 Å². The van der Waals surface area contributed by atoms with Crippen molar-refractivity contribution in [3.63, 3.8) is 0 Å². The number of benzene rings is 1. The Morgan fingerprint density at radius 1 is 1.24 bits per heavy atom. The first-order valence-electron chi connectivity index (χ1n) is 7.34. The smallest absolute Gasteiger partial charge is 0.306 e. The van der Waals surface area contributed by atoms with Crippen molar-refractivity contribution in [1.82, 2.24) is 9.97 Å². The topological polar surface area (TPSA) is 65.7 Å². The Balaban J connectivity index is 2.04. The number of carbonyl (C=O) groups is 1. The van der Waals surface area contributed by atoms with Crippen molar-refractivity contribution < 1.29 is 4.79 Å². The Morgan fingerprint density at radius 3 is 2.57 bits per heavy atom. The largest absolute Gasteiger partial charge is 0.323 e. The lowest BCUT2D eigenvalue weighted by atomic mass is 9.66. The van der Waals surface area contributed by atoms with Gasteiger partial charge in [-0.1, -0.05) is 26.7 Å². The van der Waals surface area contributed by atoms with Crippen LogP contribution in [0, 0.1) is 11.3 Å². The summed E-state index contributed by atoms with van der Waals surface area (Å²) in [5.41, 5.74) is 1.85. The fraction of sp³-hybridized carbons (Fsp3) is 0.500. The van der Waals surface area contributed by atoms with Crippen LogP contribution in [-0.4, -0.2) is 15.8 Å². The lowest BCUT2D eigenvalue weighted by Gasteiger charge is -2.37. The Hall–Kier alpha value is -1.36. The zero-order chi connectivity index (χ0) is 15.2. The van der Waals surface area contributed by atoms with Crippen LogP contribution in [0.2, 0.25) is 0 Å². The van der Waals surface area contributed by atoms with E-state index in [2.05, 4.69) is 39.7 Å². The van der Waals surface area contributed by atoms with E-state index in [1.54, 1.807) is 12.1 Å². The van der Waals surface area contributed by atoms with Crippen LogP contribution in [0.5, 0.6) is 0 Å². The lowest BCUT2D eigenvalue weighted by molar-refractivity contribution is 0.0696. The molecule has 0 bridgehead atoms. The average molecular weight is 351 g/mol. The van der Waals surface area contributed by atoms with Crippen molar-refractivity contribution in [2.24, 2.45) is 11.3 Å². The highest BCUT2D eigenvalue weighted by Crippen LogP contribution is 2.43. The van der Waals surface area contributed by atoms with Gasteiger partial charge < -0.3 is 9.97 Å². The van der Waals surface area contributed by atoms with Crippen molar-refractivity contribution in [3.8, 4) is 0 Å². The second-order valence-corrected chi connectivity index (χ2v) is 7.46. The molecule has 1 aliphatic carbocycles. The van der Waals surface area contributed by atoms with E-state index < -0.39 is 0 Å². The number of H-pyrrole nitrogens is 2. The molecule has 0 aliphatic heterocycles. The first-order valence-corrected chi connectivity index (χ1v) is 8.13. The summed E-state index contributed by atoms with van der Waals surface area (Å²) in [7, 11) is 0. The second-order valence-electron chi connectivity index (χ2n) is 6.61. The van der Waals surface area contributed by atoms with Crippen LogP contribution in [0.3, 0.4) is 0 Å². The highest BCUT2D eigenvalue weighted by molar-refractivity contribution is 9.10. The van der Waals surface area contributed by atoms with Crippen LogP contribution in [-0.2, 0) is 0 Å². The zero-order valence-corrected chi connectivity index (χ0v) is 13.8. The number of hydrogen-bond acceptors (Lipinski definition) is 2. The molecule has 2 aromatic rings. The van der Waals surface area contributed by atoms with E-state index in [4.69, 9.17) is 0 Å². The molecule has 1 aromatic carbocycles. The molecule has 0 spiro atoms. The predicted molar refractivity (Wildman–Crippen MR) is 86.7 cm³/mol. The molecule has 1 atom stereocenters. The fourth-order valence-corrected chi connectivity index (χ4v) is 3.95. The number of halogens is 1. The predicted octanol–water partition coefficient (Wildman–Crippen LogP) is 4.02. The normalized spacial score (nSPS) is 21.6. The van der Waals surface area contributed by atoms with Crippen LogP contribution in [0.15, 0.2) is 21.4 Å². The highest BCUT2D eigenvalue weighted by atomic mass is 79.9. The number of rotatable bonds is 2. The van der Waals surface area contributed by atoms with Gasteiger partial charge in [-0.3, -0.25) is 4.79 Å². The summed E-state index contributed by atoms with van der Waals surface area (Å²) in [6, 6.07) is 3.58. The van der Waals surface area contributed by atoms with Gasteiger partial charge in [0.25, 0.3) is 0 Å². The van der Waals surface area contributed by atoms with Gasteiger partial charge in [-0.15, -0.1) is 0 Å².